The lowest BCUT2D eigenvalue weighted by molar-refractivity contribution is -0.137. The van der Waals surface area contributed by atoms with E-state index in [1.54, 1.807) is 16.0 Å². The molecule has 7 heteroatoms. The number of carboxylic acid groups (broad SMARTS) is 1. The van der Waals surface area contributed by atoms with Gasteiger partial charge in [0.05, 0.1) is 6.54 Å². The number of nitrogens with zero attached hydrogens (tertiary/aromatic N) is 4. The van der Waals surface area contributed by atoms with E-state index in [0.717, 1.165) is 12.4 Å². The number of hydrogen-bond acceptors (Lipinski definition) is 3. The summed E-state index contributed by atoms with van der Waals surface area (Å²) in [6.45, 7) is 6.28. The molecule has 0 aromatic carbocycles. The minimum Gasteiger partial charge on any atom is -0.481 e. The van der Waals surface area contributed by atoms with Crippen molar-refractivity contribution in [3.63, 3.8) is 0 Å². The van der Waals surface area contributed by atoms with Gasteiger partial charge in [-0.3, -0.25) is 4.79 Å². The number of aromatic nitrogens is 2. The molecule has 1 aliphatic rings. The lowest BCUT2D eigenvalue weighted by Crippen LogP contribution is -2.49. The number of rotatable bonds is 5. The van der Waals surface area contributed by atoms with E-state index in [-0.39, 0.29) is 18.5 Å². The van der Waals surface area contributed by atoms with Crippen molar-refractivity contribution in [3.05, 3.63) is 18.2 Å². The summed E-state index contributed by atoms with van der Waals surface area (Å²) in [4.78, 5) is 31.0. The first-order valence-corrected chi connectivity index (χ1v) is 7.26. The molecule has 0 radical (unpaired) electrons. The predicted octanol–water partition coefficient (Wildman–Crippen LogP) is 1.39. The molecule has 0 spiro atoms. The number of carbonyl (C=O) groups excluding carboxylic acids is 1. The fraction of sp³-hybridized carbons (Fsp3) is 0.643. The van der Waals surface area contributed by atoms with E-state index >= 15 is 0 Å². The zero-order valence-electron chi connectivity index (χ0n) is 12.5. The Kier molecular flexibility index (Phi) is 4.82. The van der Waals surface area contributed by atoms with Crippen LogP contribution in [-0.2, 0) is 17.9 Å². The maximum Gasteiger partial charge on any atom is 0.320 e. The van der Waals surface area contributed by atoms with Crippen LogP contribution in [-0.4, -0.2) is 55.6 Å². The molecule has 0 saturated heterocycles. The maximum atomic E-state index is 12.6. The summed E-state index contributed by atoms with van der Waals surface area (Å²) in [5, 5.41) is 8.71. The summed E-state index contributed by atoms with van der Waals surface area (Å²) < 4.78 is 2.05. The first-order valence-electron chi connectivity index (χ1n) is 7.26. The molecule has 2 rings (SSSR count). The van der Waals surface area contributed by atoms with Gasteiger partial charge in [0, 0.05) is 44.5 Å². The lowest BCUT2D eigenvalue weighted by atomic mass is 10.2. The fourth-order valence-electron chi connectivity index (χ4n) is 2.49. The van der Waals surface area contributed by atoms with Crippen molar-refractivity contribution >= 4 is 12.0 Å². The molecule has 0 atom stereocenters. The average molecular weight is 294 g/mol. The molecule has 1 aliphatic heterocycles. The second-order valence-corrected chi connectivity index (χ2v) is 5.53. The second-order valence-electron chi connectivity index (χ2n) is 5.53. The van der Waals surface area contributed by atoms with E-state index in [2.05, 4.69) is 4.98 Å². The van der Waals surface area contributed by atoms with Gasteiger partial charge in [-0.25, -0.2) is 9.78 Å². The van der Waals surface area contributed by atoms with Gasteiger partial charge in [0.25, 0.3) is 0 Å². The smallest absolute Gasteiger partial charge is 0.320 e. The van der Waals surface area contributed by atoms with Crippen LogP contribution in [0, 0.1) is 0 Å². The molecule has 2 heterocycles. The number of carbonyl (C=O) groups is 2. The van der Waals surface area contributed by atoms with Gasteiger partial charge in [0.15, 0.2) is 0 Å². The Balaban J connectivity index is 1.97. The molecule has 116 valence electrons. The molecule has 1 aromatic rings. The summed E-state index contributed by atoms with van der Waals surface area (Å²) in [5.74, 6) is 0.0648. The number of fused-ring (bicyclic) bond motifs is 1. The number of carboxylic acids is 1. The Hall–Kier alpha value is -2.05. The Bertz CT molecular complexity index is 512. The van der Waals surface area contributed by atoms with Crippen LogP contribution in [0.3, 0.4) is 0 Å². The van der Waals surface area contributed by atoms with E-state index < -0.39 is 5.97 Å². The highest BCUT2D eigenvalue weighted by atomic mass is 16.4. The van der Waals surface area contributed by atoms with Gasteiger partial charge in [-0.1, -0.05) is 0 Å². The first kappa shape index (κ1) is 15.3. The van der Waals surface area contributed by atoms with Gasteiger partial charge in [-0.2, -0.15) is 0 Å². The zero-order valence-corrected chi connectivity index (χ0v) is 12.5. The molecule has 21 heavy (non-hydrogen) atoms. The van der Waals surface area contributed by atoms with Gasteiger partial charge < -0.3 is 19.5 Å². The highest BCUT2D eigenvalue weighted by Crippen LogP contribution is 2.14. The number of amides is 2. The highest BCUT2D eigenvalue weighted by molar-refractivity contribution is 5.75. The van der Waals surface area contributed by atoms with Crippen LogP contribution < -0.4 is 0 Å². The van der Waals surface area contributed by atoms with Crippen molar-refractivity contribution in [2.24, 2.45) is 0 Å². The van der Waals surface area contributed by atoms with Crippen LogP contribution in [0.15, 0.2) is 12.4 Å². The Morgan fingerprint density at radius 2 is 2.19 bits per heavy atom. The van der Waals surface area contributed by atoms with Crippen LogP contribution in [0.25, 0.3) is 0 Å². The van der Waals surface area contributed by atoms with E-state index in [4.69, 9.17) is 5.11 Å². The van der Waals surface area contributed by atoms with Crippen molar-refractivity contribution in [2.75, 3.05) is 13.1 Å². The molecule has 0 unspecified atom stereocenters. The number of imidazole rings is 1. The topological polar surface area (TPSA) is 78.7 Å². The highest BCUT2D eigenvalue weighted by Gasteiger charge is 2.26. The number of urea groups is 1. The van der Waals surface area contributed by atoms with Crippen LogP contribution in [0.4, 0.5) is 4.79 Å². The van der Waals surface area contributed by atoms with Gasteiger partial charge in [-0.05, 0) is 20.3 Å². The largest absolute Gasteiger partial charge is 0.481 e. The zero-order chi connectivity index (χ0) is 15.4. The van der Waals surface area contributed by atoms with E-state index in [0.29, 0.717) is 26.1 Å². The third kappa shape index (κ3) is 3.74. The van der Waals surface area contributed by atoms with Gasteiger partial charge in [-0.15, -0.1) is 0 Å². The number of aliphatic carboxylic acids is 1. The SMILES string of the molecule is CC(C)N(CCCC(=O)O)C(=O)N1CCn2ccnc2C1. The summed E-state index contributed by atoms with van der Waals surface area (Å²) in [6, 6.07) is 0.0117. The van der Waals surface area contributed by atoms with Gasteiger partial charge >= 0.3 is 12.0 Å². The van der Waals surface area contributed by atoms with E-state index in [1.807, 2.05) is 24.6 Å². The monoisotopic (exact) mass is 294 g/mol. The van der Waals surface area contributed by atoms with Crippen molar-refractivity contribution < 1.29 is 14.7 Å². The quantitative estimate of drug-likeness (QED) is 0.890. The lowest BCUT2D eigenvalue weighted by Gasteiger charge is -2.35. The first-order chi connectivity index (χ1) is 9.99. The minimum absolute atomic E-state index is 0.0374. The average Bonchev–Trinajstić information content (AvgIpc) is 2.89. The Morgan fingerprint density at radius 3 is 2.86 bits per heavy atom. The normalized spacial score (nSPS) is 14.1. The van der Waals surface area contributed by atoms with Crippen LogP contribution in [0.2, 0.25) is 0 Å². The van der Waals surface area contributed by atoms with E-state index in [9.17, 15) is 9.59 Å². The third-order valence-electron chi connectivity index (χ3n) is 3.67. The fourth-order valence-corrected chi connectivity index (χ4v) is 2.49. The van der Waals surface area contributed by atoms with Crippen molar-refractivity contribution in [3.8, 4) is 0 Å². The summed E-state index contributed by atoms with van der Waals surface area (Å²) >= 11 is 0. The predicted molar refractivity (Wildman–Crippen MR) is 76.7 cm³/mol. The summed E-state index contributed by atoms with van der Waals surface area (Å²) in [6.07, 6.45) is 4.23. The molecule has 0 fully saturated rings. The van der Waals surface area contributed by atoms with Crippen molar-refractivity contribution in [1.82, 2.24) is 19.4 Å². The molecule has 1 aromatic heterocycles. The molecule has 7 nitrogen and oxygen atoms in total. The summed E-state index contributed by atoms with van der Waals surface area (Å²) in [5.41, 5.74) is 0. The molecular formula is C14H22N4O3. The summed E-state index contributed by atoms with van der Waals surface area (Å²) in [7, 11) is 0. The molecule has 0 aliphatic carbocycles. The van der Waals surface area contributed by atoms with Crippen LogP contribution in [0.1, 0.15) is 32.5 Å². The number of hydrogen-bond donors (Lipinski definition) is 1. The van der Waals surface area contributed by atoms with Crippen molar-refractivity contribution in [2.45, 2.75) is 45.8 Å². The molecule has 2 amide bonds. The standard InChI is InChI=1S/C14H22N4O3/c1-11(2)18(6-3-4-13(19)20)14(21)17-9-8-16-7-5-15-12(16)10-17/h5,7,11H,3-4,6,8-10H2,1-2H3,(H,19,20). The maximum absolute atomic E-state index is 12.6. The molecule has 1 N–H and O–H groups in total. The molecule has 0 saturated carbocycles. The molecular weight excluding hydrogens is 272 g/mol. The van der Waals surface area contributed by atoms with Crippen molar-refractivity contribution in [1.29, 1.82) is 0 Å². The third-order valence-corrected chi connectivity index (χ3v) is 3.67. The molecule has 0 bridgehead atoms. The van der Waals surface area contributed by atoms with Crippen LogP contribution in [0.5, 0.6) is 0 Å². The Labute approximate surface area is 124 Å². The second kappa shape index (κ2) is 6.60. The van der Waals surface area contributed by atoms with Gasteiger partial charge in [0.1, 0.15) is 5.82 Å². The minimum atomic E-state index is -0.828. The van der Waals surface area contributed by atoms with Gasteiger partial charge in [0.2, 0.25) is 0 Å². The van der Waals surface area contributed by atoms with E-state index in [1.165, 1.54) is 0 Å². The van der Waals surface area contributed by atoms with Crippen LogP contribution >= 0.6 is 0 Å². The Morgan fingerprint density at radius 1 is 1.43 bits per heavy atom.